The van der Waals surface area contributed by atoms with Crippen LogP contribution in [0.2, 0.25) is 0 Å². The van der Waals surface area contributed by atoms with Crippen molar-refractivity contribution < 1.29 is 4.79 Å². The van der Waals surface area contributed by atoms with E-state index in [1.54, 1.807) is 0 Å². The van der Waals surface area contributed by atoms with Crippen molar-refractivity contribution in [3.8, 4) is 0 Å². The standard InChI is InChI=1S/C24H36N4O/c1-17(2)14-20-7-9-21(10-8-20)15-28-13-5-6-22(16-28)25-24(29)12-11-23-18(3)19(4)26-27-23/h7-10,17,22H,5-6,11-16H2,1-4H3,(H,25,29)(H,26,27). The summed E-state index contributed by atoms with van der Waals surface area (Å²) in [5, 5.41) is 10.5. The molecule has 5 nitrogen and oxygen atoms in total. The van der Waals surface area contributed by atoms with Gasteiger partial charge >= 0.3 is 0 Å². The van der Waals surface area contributed by atoms with Gasteiger partial charge in [-0.25, -0.2) is 0 Å². The fourth-order valence-electron chi connectivity index (χ4n) is 4.14. The molecule has 1 aliphatic heterocycles. The van der Waals surface area contributed by atoms with Crippen molar-refractivity contribution in [1.82, 2.24) is 20.4 Å². The van der Waals surface area contributed by atoms with Gasteiger partial charge in [0.05, 0.1) is 5.69 Å². The van der Waals surface area contributed by atoms with E-state index in [9.17, 15) is 4.79 Å². The molecule has 2 heterocycles. The van der Waals surface area contributed by atoms with E-state index in [0.717, 1.165) is 50.3 Å². The third kappa shape index (κ3) is 6.43. The van der Waals surface area contributed by atoms with E-state index in [0.29, 0.717) is 18.8 Å². The smallest absolute Gasteiger partial charge is 0.220 e. The third-order valence-electron chi connectivity index (χ3n) is 5.89. The highest BCUT2D eigenvalue weighted by atomic mass is 16.1. The Morgan fingerprint density at radius 3 is 2.62 bits per heavy atom. The van der Waals surface area contributed by atoms with Crippen LogP contribution in [0.4, 0.5) is 0 Å². The number of rotatable bonds is 8. The van der Waals surface area contributed by atoms with Gasteiger partial charge in [0.2, 0.25) is 5.91 Å². The van der Waals surface area contributed by atoms with Crippen LogP contribution in [0, 0.1) is 19.8 Å². The van der Waals surface area contributed by atoms with Gasteiger partial charge in [-0.1, -0.05) is 38.1 Å². The number of nitrogens with zero attached hydrogens (tertiary/aromatic N) is 2. The second-order valence-corrected chi connectivity index (χ2v) is 8.98. The Morgan fingerprint density at radius 1 is 1.24 bits per heavy atom. The first-order valence-electron chi connectivity index (χ1n) is 11.0. The molecule has 3 rings (SSSR count). The zero-order valence-electron chi connectivity index (χ0n) is 18.4. The number of hydrogen-bond acceptors (Lipinski definition) is 3. The van der Waals surface area contributed by atoms with Crippen LogP contribution < -0.4 is 5.32 Å². The molecule has 0 aliphatic carbocycles. The zero-order valence-corrected chi connectivity index (χ0v) is 18.4. The number of likely N-dealkylation sites (tertiary alicyclic amines) is 1. The molecule has 1 amide bonds. The number of carbonyl (C=O) groups is 1. The van der Waals surface area contributed by atoms with Crippen LogP contribution in [0.25, 0.3) is 0 Å². The molecule has 1 unspecified atom stereocenters. The van der Waals surface area contributed by atoms with Crippen LogP contribution >= 0.6 is 0 Å². The van der Waals surface area contributed by atoms with Crippen LogP contribution in [-0.4, -0.2) is 40.1 Å². The monoisotopic (exact) mass is 396 g/mol. The summed E-state index contributed by atoms with van der Waals surface area (Å²) in [7, 11) is 0. The zero-order chi connectivity index (χ0) is 20.8. The SMILES string of the molecule is Cc1[nH]nc(CCC(=O)NC2CCCN(Cc3ccc(CC(C)C)cc3)C2)c1C. The second-order valence-electron chi connectivity index (χ2n) is 8.98. The molecular weight excluding hydrogens is 360 g/mol. The van der Waals surface area contributed by atoms with Crippen LogP contribution in [0.1, 0.15) is 61.2 Å². The molecule has 0 bridgehead atoms. The predicted octanol–water partition coefficient (Wildman–Crippen LogP) is 3.94. The van der Waals surface area contributed by atoms with Crippen molar-refractivity contribution in [1.29, 1.82) is 0 Å². The fraction of sp³-hybridized carbons (Fsp3) is 0.583. The number of nitrogens with one attached hydrogen (secondary N) is 2. The molecule has 2 aromatic rings. The molecule has 1 fully saturated rings. The molecule has 1 aromatic heterocycles. The van der Waals surface area contributed by atoms with Crippen molar-refractivity contribution in [2.75, 3.05) is 13.1 Å². The lowest BCUT2D eigenvalue weighted by molar-refractivity contribution is -0.122. The summed E-state index contributed by atoms with van der Waals surface area (Å²) in [6.45, 7) is 11.6. The largest absolute Gasteiger partial charge is 0.352 e. The summed E-state index contributed by atoms with van der Waals surface area (Å²) in [6, 6.07) is 9.29. The van der Waals surface area contributed by atoms with Gasteiger partial charge in [0.25, 0.3) is 0 Å². The summed E-state index contributed by atoms with van der Waals surface area (Å²) >= 11 is 0. The van der Waals surface area contributed by atoms with Gasteiger partial charge in [-0.2, -0.15) is 5.10 Å². The first kappa shape index (κ1) is 21.6. The minimum Gasteiger partial charge on any atom is -0.352 e. The van der Waals surface area contributed by atoms with Gasteiger partial charge in [0, 0.05) is 37.7 Å². The number of benzene rings is 1. The molecule has 0 spiro atoms. The van der Waals surface area contributed by atoms with E-state index in [1.165, 1.54) is 16.7 Å². The average Bonchev–Trinajstić information content (AvgIpc) is 3.00. The van der Waals surface area contributed by atoms with Gasteiger partial charge < -0.3 is 5.32 Å². The van der Waals surface area contributed by atoms with Crippen molar-refractivity contribution >= 4 is 5.91 Å². The summed E-state index contributed by atoms with van der Waals surface area (Å²) in [4.78, 5) is 14.9. The fourth-order valence-corrected chi connectivity index (χ4v) is 4.14. The highest BCUT2D eigenvalue weighted by Crippen LogP contribution is 2.16. The number of aryl methyl sites for hydroxylation is 2. The Hall–Kier alpha value is -2.14. The number of amides is 1. The maximum atomic E-state index is 12.4. The van der Waals surface area contributed by atoms with Gasteiger partial charge in [0.1, 0.15) is 0 Å². The third-order valence-corrected chi connectivity index (χ3v) is 5.89. The Balaban J connectivity index is 1.45. The van der Waals surface area contributed by atoms with Crippen LogP contribution in [0.5, 0.6) is 0 Å². The number of hydrogen-bond donors (Lipinski definition) is 2. The topological polar surface area (TPSA) is 61.0 Å². The Bertz CT molecular complexity index is 794. The van der Waals surface area contributed by atoms with E-state index in [-0.39, 0.29) is 11.9 Å². The molecule has 5 heteroatoms. The van der Waals surface area contributed by atoms with E-state index in [2.05, 4.69) is 65.5 Å². The molecule has 29 heavy (non-hydrogen) atoms. The lowest BCUT2D eigenvalue weighted by Gasteiger charge is -2.33. The molecule has 2 N–H and O–H groups in total. The number of piperidine rings is 1. The lowest BCUT2D eigenvalue weighted by atomic mass is 10.0. The minimum atomic E-state index is 0.134. The molecule has 0 radical (unpaired) electrons. The molecule has 1 atom stereocenters. The maximum absolute atomic E-state index is 12.4. The Kier molecular flexibility index (Phi) is 7.48. The first-order valence-corrected chi connectivity index (χ1v) is 11.0. The quantitative estimate of drug-likeness (QED) is 0.710. The Morgan fingerprint density at radius 2 is 1.97 bits per heavy atom. The lowest BCUT2D eigenvalue weighted by Crippen LogP contribution is -2.47. The molecular formula is C24H36N4O. The van der Waals surface area contributed by atoms with Gasteiger partial charge in [-0.15, -0.1) is 0 Å². The average molecular weight is 397 g/mol. The van der Waals surface area contributed by atoms with Crippen molar-refractivity contribution in [2.45, 2.75) is 72.4 Å². The first-order chi connectivity index (χ1) is 13.9. The highest BCUT2D eigenvalue weighted by molar-refractivity contribution is 5.76. The van der Waals surface area contributed by atoms with E-state index >= 15 is 0 Å². The van der Waals surface area contributed by atoms with Crippen LogP contribution in [-0.2, 0) is 24.2 Å². The van der Waals surface area contributed by atoms with E-state index in [4.69, 9.17) is 0 Å². The van der Waals surface area contributed by atoms with E-state index < -0.39 is 0 Å². The molecule has 1 aliphatic rings. The second kappa shape index (κ2) is 10.1. The summed E-state index contributed by atoms with van der Waals surface area (Å²) in [5.41, 5.74) is 6.02. The summed E-state index contributed by atoms with van der Waals surface area (Å²) < 4.78 is 0. The van der Waals surface area contributed by atoms with Crippen molar-refractivity contribution in [3.63, 3.8) is 0 Å². The minimum absolute atomic E-state index is 0.134. The van der Waals surface area contributed by atoms with Gasteiger partial charge in [-0.05, 0) is 62.3 Å². The molecule has 1 saturated heterocycles. The highest BCUT2D eigenvalue weighted by Gasteiger charge is 2.21. The number of carbonyl (C=O) groups excluding carboxylic acids is 1. The summed E-state index contributed by atoms with van der Waals surface area (Å²) in [6.07, 6.45) is 4.53. The summed E-state index contributed by atoms with van der Waals surface area (Å²) in [5.74, 6) is 0.822. The number of aromatic nitrogens is 2. The van der Waals surface area contributed by atoms with Crippen LogP contribution in [0.15, 0.2) is 24.3 Å². The number of H-pyrrole nitrogens is 1. The Labute approximate surface area is 175 Å². The normalized spacial score (nSPS) is 17.6. The maximum Gasteiger partial charge on any atom is 0.220 e. The van der Waals surface area contributed by atoms with Crippen molar-refractivity contribution in [2.24, 2.45) is 5.92 Å². The van der Waals surface area contributed by atoms with E-state index in [1.807, 2.05) is 6.92 Å². The van der Waals surface area contributed by atoms with Crippen LogP contribution in [0.3, 0.4) is 0 Å². The molecule has 0 saturated carbocycles. The van der Waals surface area contributed by atoms with Gasteiger partial charge in [0.15, 0.2) is 0 Å². The molecule has 1 aromatic carbocycles. The molecule has 158 valence electrons. The predicted molar refractivity (Wildman–Crippen MR) is 118 cm³/mol. The number of aromatic amines is 1. The van der Waals surface area contributed by atoms with Gasteiger partial charge in [-0.3, -0.25) is 14.8 Å². The van der Waals surface area contributed by atoms with Crippen molar-refractivity contribution in [3.05, 3.63) is 52.3 Å².